The molecule has 0 saturated carbocycles. The zero-order chi connectivity index (χ0) is 31.5. The van der Waals surface area contributed by atoms with Crippen LogP contribution in [0.3, 0.4) is 0 Å². The Kier molecular flexibility index (Phi) is 8.79. The van der Waals surface area contributed by atoms with Crippen molar-refractivity contribution in [3.63, 3.8) is 0 Å². The summed E-state index contributed by atoms with van der Waals surface area (Å²) in [5.74, 6) is 0.724. The Bertz CT molecular complexity index is 1780. The number of aliphatic hydroxyl groups is 1. The van der Waals surface area contributed by atoms with Gasteiger partial charge in [-0.3, -0.25) is 14.5 Å². The topological polar surface area (TPSA) is 117 Å². The van der Waals surface area contributed by atoms with Gasteiger partial charge in [0.1, 0.15) is 24.7 Å². The zero-order valence-electron chi connectivity index (χ0n) is 25.3. The van der Waals surface area contributed by atoms with Gasteiger partial charge in [0, 0.05) is 5.56 Å². The van der Waals surface area contributed by atoms with Crippen molar-refractivity contribution in [1.29, 1.82) is 0 Å². The number of ether oxygens (including phenoxy) is 5. The van der Waals surface area contributed by atoms with Crippen molar-refractivity contribution in [1.82, 2.24) is 4.98 Å². The van der Waals surface area contributed by atoms with E-state index in [9.17, 15) is 14.7 Å². The van der Waals surface area contributed by atoms with Gasteiger partial charge < -0.3 is 28.8 Å². The van der Waals surface area contributed by atoms with E-state index in [1.165, 1.54) is 16.2 Å². The maximum Gasteiger partial charge on any atom is 0.301 e. The number of aromatic nitrogens is 1. The molecule has 2 aliphatic rings. The number of anilines is 1. The number of fused-ring (bicyclic) bond motifs is 2. The second-order valence-corrected chi connectivity index (χ2v) is 11.4. The fourth-order valence-electron chi connectivity index (χ4n) is 5.35. The van der Waals surface area contributed by atoms with E-state index >= 15 is 0 Å². The summed E-state index contributed by atoms with van der Waals surface area (Å²) in [4.78, 5) is 33.7. The van der Waals surface area contributed by atoms with Crippen LogP contribution in [0, 0.1) is 0 Å². The van der Waals surface area contributed by atoms with Crippen LogP contribution in [0.4, 0.5) is 5.13 Å². The molecule has 6 rings (SSSR count). The van der Waals surface area contributed by atoms with Crippen molar-refractivity contribution in [2.45, 2.75) is 39.7 Å². The van der Waals surface area contributed by atoms with E-state index in [0.717, 1.165) is 17.5 Å². The average molecular weight is 631 g/mol. The molecule has 1 unspecified atom stereocenters. The van der Waals surface area contributed by atoms with E-state index in [1.807, 2.05) is 32.0 Å². The number of ketones is 1. The van der Waals surface area contributed by atoms with Crippen LogP contribution >= 0.6 is 11.3 Å². The number of amides is 1. The minimum atomic E-state index is -1.01. The highest BCUT2D eigenvalue weighted by molar-refractivity contribution is 7.22. The normalized spacial score (nSPS) is 17.1. The molecule has 45 heavy (non-hydrogen) atoms. The summed E-state index contributed by atoms with van der Waals surface area (Å²) in [6, 6.07) is 14.7. The SMILES string of the molecule is CCCCOc1ccc(C2C(=C(O)c3ccc4c(c3)OCCO4)C(=O)C(=O)N2c2nc3ccc(OCC)cc3s2)cc1OCC. The Balaban J connectivity index is 1.50. The molecule has 2 aliphatic heterocycles. The minimum Gasteiger partial charge on any atom is -0.507 e. The molecule has 234 valence electrons. The van der Waals surface area contributed by atoms with Gasteiger partial charge in [-0.25, -0.2) is 4.98 Å². The molecule has 0 radical (unpaired) electrons. The minimum absolute atomic E-state index is 0.0759. The van der Waals surface area contributed by atoms with Gasteiger partial charge in [-0.1, -0.05) is 30.7 Å². The summed E-state index contributed by atoms with van der Waals surface area (Å²) in [6.07, 6.45) is 1.86. The molecule has 10 nitrogen and oxygen atoms in total. The molecule has 1 atom stereocenters. The van der Waals surface area contributed by atoms with Gasteiger partial charge in [0.25, 0.3) is 5.78 Å². The predicted molar refractivity (Wildman–Crippen MR) is 171 cm³/mol. The zero-order valence-corrected chi connectivity index (χ0v) is 26.1. The fraction of sp³-hybridized carbons (Fsp3) is 0.324. The number of carbonyl (C=O) groups excluding carboxylic acids is 2. The Labute approximate surface area is 264 Å². The van der Waals surface area contributed by atoms with Crippen molar-refractivity contribution in [2.75, 3.05) is 37.9 Å². The van der Waals surface area contributed by atoms with Crippen molar-refractivity contribution in [2.24, 2.45) is 0 Å². The smallest absolute Gasteiger partial charge is 0.301 e. The van der Waals surface area contributed by atoms with Gasteiger partial charge in [0.2, 0.25) is 0 Å². The van der Waals surface area contributed by atoms with Crippen molar-refractivity contribution < 1.29 is 38.4 Å². The number of unbranched alkanes of at least 4 members (excludes halogenated alkanes) is 1. The predicted octanol–water partition coefficient (Wildman–Crippen LogP) is 6.67. The Morgan fingerprint density at radius 1 is 0.933 bits per heavy atom. The summed E-state index contributed by atoms with van der Waals surface area (Å²) in [5, 5.41) is 12.0. The van der Waals surface area contributed by atoms with Gasteiger partial charge in [-0.2, -0.15) is 0 Å². The Morgan fingerprint density at radius 3 is 2.51 bits per heavy atom. The number of hydrogen-bond donors (Lipinski definition) is 1. The number of aliphatic hydroxyl groups excluding tert-OH is 1. The van der Waals surface area contributed by atoms with Gasteiger partial charge in [-0.05, 0) is 74.4 Å². The molecule has 11 heteroatoms. The molecule has 0 spiro atoms. The van der Waals surface area contributed by atoms with E-state index in [-0.39, 0.29) is 11.3 Å². The number of Topliss-reactive ketones (excluding diaryl/α,β-unsaturated/α-hetero) is 1. The van der Waals surface area contributed by atoms with E-state index in [0.29, 0.717) is 83.6 Å². The molecular weight excluding hydrogens is 596 g/mol. The van der Waals surface area contributed by atoms with Crippen LogP contribution in [0.15, 0.2) is 60.2 Å². The van der Waals surface area contributed by atoms with Gasteiger partial charge >= 0.3 is 5.91 Å². The van der Waals surface area contributed by atoms with Crippen LogP contribution in [-0.2, 0) is 9.59 Å². The lowest BCUT2D eigenvalue weighted by Gasteiger charge is -2.24. The monoisotopic (exact) mass is 630 g/mol. The van der Waals surface area contributed by atoms with Gasteiger partial charge in [0.05, 0.1) is 41.7 Å². The number of nitrogens with zero attached hydrogens (tertiary/aromatic N) is 2. The maximum atomic E-state index is 13.8. The first-order valence-electron chi connectivity index (χ1n) is 15.1. The van der Waals surface area contributed by atoms with Crippen LogP contribution in [0.25, 0.3) is 16.0 Å². The molecule has 4 aromatic rings. The summed E-state index contributed by atoms with van der Waals surface area (Å²) in [6.45, 7) is 8.04. The molecule has 1 fully saturated rings. The molecule has 0 bridgehead atoms. The highest BCUT2D eigenvalue weighted by atomic mass is 32.1. The van der Waals surface area contributed by atoms with Crippen LogP contribution in [-0.4, -0.2) is 54.8 Å². The highest BCUT2D eigenvalue weighted by Gasteiger charge is 2.48. The van der Waals surface area contributed by atoms with Crippen molar-refractivity contribution in [3.05, 3.63) is 71.3 Å². The molecule has 1 aromatic heterocycles. The Morgan fingerprint density at radius 2 is 1.73 bits per heavy atom. The van der Waals surface area contributed by atoms with E-state index in [4.69, 9.17) is 28.7 Å². The fourth-order valence-corrected chi connectivity index (χ4v) is 6.37. The summed E-state index contributed by atoms with van der Waals surface area (Å²) in [7, 11) is 0. The largest absolute Gasteiger partial charge is 0.507 e. The first-order chi connectivity index (χ1) is 21.9. The number of benzene rings is 3. The number of carbonyl (C=O) groups is 2. The lowest BCUT2D eigenvalue weighted by molar-refractivity contribution is -0.132. The summed E-state index contributed by atoms with van der Waals surface area (Å²) in [5.41, 5.74) is 1.44. The first-order valence-corrected chi connectivity index (χ1v) is 15.9. The van der Waals surface area contributed by atoms with Crippen LogP contribution in [0.1, 0.15) is 50.8 Å². The molecular formula is C34H34N2O8S. The first kappa shape index (κ1) is 30.3. The molecule has 3 aromatic carbocycles. The third kappa shape index (κ3) is 5.87. The van der Waals surface area contributed by atoms with Crippen molar-refractivity contribution in [3.8, 4) is 28.7 Å². The van der Waals surface area contributed by atoms with E-state index in [2.05, 4.69) is 6.92 Å². The number of hydrogen-bond acceptors (Lipinski definition) is 10. The van der Waals surface area contributed by atoms with E-state index < -0.39 is 17.7 Å². The molecule has 0 aliphatic carbocycles. The second-order valence-electron chi connectivity index (χ2n) is 10.4. The molecule has 1 saturated heterocycles. The molecule has 1 N–H and O–H groups in total. The lowest BCUT2D eigenvalue weighted by atomic mass is 9.95. The highest BCUT2D eigenvalue weighted by Crippen LogP contribution is 2.47. The van der Waals surface area contributed by atoms with Crippen LogP contribution in [0.2, 0.25) is 0 Å². The number of thiazole rings is 1. The standard InChI is InChI=1S/C34H34N2O8S/c1-4-7-14-42-24-12-8-20(17-26(24)41-6-3)30-29(31(37)21-9-13-25-27(18-21)44-16-15-43-25)32(38)33(39)36(30)34-35-23-11-10-22(40-5-2)19-28(23)45-34/h8-13,17-19,30,37H,4-7,14-16H2,1-3H3. The summed E-state index contributed by atoms with van der Waals surface area (Å²) < 4.78 is 29.7. The Hall–Kier alpha value is -4.77. The van der Waals surface area contributed by atoms with Gasteiger partial charge in [0.15, 0.2) is 28.1 Å². The summed E-state index contributed by atoms with van der Waals surface area (Å²) >= 11 is 1.26. The van der Waals surface area contributed by atoms with E-state index in [1.54, 1.807) is 36.4 Å². The van der Waals surface area contributed by atoms with Crippen LogP contribution < -0.4 is 28.6 Å². The lowest BCUT2D eigenvalue weighted by Crippen LogP contribution is -2.29. The van der Waals surface area contributed by atoms with Crippen LogP contribution in [0.5, 0.6) is 28.7 Å². The van der Waals surface area contributed by atoms with Gasteiger partial charge in [-0.15, -0.1) is 0 Å². The van der Waals surface area contributed by atoms with Crippen molar-refractivity contribution >= 4 is 44.1 Å². The third-order valence-electron chi connectivity index (χ3n) is 7.46. The second kappa shape index (κ2) is 13.1. The average Bonchev–Trinajstić information content (AvgIpc) is 3.58. The molecule has 1 amide bonds. The maximum absolute atomic E-state index is 13.8. The third-order valence-corrected chi connectivity index (χ3v) is 8.48. The number of rotatable bonds is 11. The quantitative estimate of drug-likeness (QED) is 0.0839. The molecule has 3 heterocycles.